The highest BCUT2D eigenvalue weighted by atomic mass is 16.2. The van der Waals surface area contributed by atoms with Crippen LogP contribution in [0.15, 0.2) is 24.3 Å². The number of Topliss-reactive ketones (excluding diaryl/α,β-unsaturated/α-hetero) is 1. The summed E-state index contributed by atoms with van der Waals surface area (Å²) in [4.78, 5) is 33.8. The van der Waals surface area contributed by atoms with Gasteiger partial charge >= 0.3 is 6.03 Å². The Bertz CT molecular complexity index is 483. The molecule has 0 fully saturated rings. The summed E-state index contributed by atoms with van der Waals surface area (Å²) in [5.74, 6) is -0.434. The van der Waals surface area contributed by atoms with E-state index in [1.807, 2.05) is 6.92 Å². The summed E-state index contributed by atoms with van der Waals surface area (Å²) in [6, 6.07) is 6.28. The van der Waals surface area contributed by atoms with Gasteiger partial charge in [0.05, 0.1) is 6.54 Å². The van der Waals surface area contributed by atoms with E-state index in [9.17, 15) is 14.4 Å². The molecular weight excluding hydrogens is 258 g/mol. The Kier molecular flexibility index (Phi) is 6.22. The van der Waals surface area contributed by atoms with Crippen LogP contribution in [-0.4, -0.2) is 30.8 Å². The van der Waals surface area contributed by atoms with Gasteiger partial charge in [-0.2, -0.15) is 0 Å². The molecule has 6 heteroatoms. The molecule has 0 radical (unpaired) electrons. The van der Waals surface area contributed by atoms with Crippen LogP contribution in [0.2, 0.25) is 0 Å². The molecule has 20 heavy (non-hydrogen) atoms. The third kappa shape index (κ3) is 5.51. The van der Waals surface area contributed by atoms with E-state index in [0.29, 0.717) is 17.8 Å². The van der Waals surface area contributed by atoms with Gasteiger partial charge in [-0.3, -0.25) is 14.9 Å². The van der Waals surface area contributed by atoms with Crippen molar-refractivity contribution < 1.29 is 14.4 Å². The van der Waals surface area contributed by atoms with E-state index in [1.165, 1.54) is 6.92 Å². The molecule has 0 atom stereocenters. The first-order chi connectivity index (χ1) is 9.52. The summed E-state index contributed by atoms with van der Waals surface area (Å²) in [6.07, 6.45) is 0.808. The van der Waals surface area contributed by atoms with Crippen LogP contribution in [-0.2, 0) is 4.79 Å². The van der Waals surface area contributed by atoms with Crippen molar-refractivity contribution in [3.63, 3.8) is 0 Å². The van der Waals surface area contributed by atoms with Crippen LogP contribution in [0, 0.1) is 0 Å². The molecule has 0 saturated carbocycles. The Balaban J connectivity index is 2.37. The van der Waals surface area contributed by atoms with E-state index in [2.05, 4.69) is 16.0 Å². The summed E-state index contributed by atoms with van der Waals surface area (Å²) >= 11 is 0. The Labute approximate surface area is 117 Å². The number of hydrogen-bond donors (Lipinski definition) is 3. The topological polar surface area (TPSA) is 87.3 Å². The van der Waals surface area contributed by atoms with Gasteiger partial charge in [-0.1, -0.05) is 6.92 Å². The van der Waals surface area contributed by atoms with Gasteiger partial charge in [0.2, 0.25) is 5.91 Å². The van der Waals surface area contributed by atoms with Gasteiger partial charge in [0.15, 0.2) is 5.78 Å². The number of nitrogens with one attached hydrogen (secondary N) is 3. The number of carbonyl (C=O) groups excluding carboxylic acids is 3. The number of amides is 3. The summed E-state index contributed by atoms with van der Waals surface area (Å²) in [7, 11) is 0. The van der Waals surface area contributed by atoms with Gasteiger partial charge in [-0.25, -0.2) is 4.79 Å². The second-order valence-corrected chi connectivity index (χ2v) is 4.29. The van der Waals surface area contributed by atoms with Gasteiger partial charge in [0.25, 0.3) is 0 Å². The molecular formula is C14H19N3O3. The molecule has 0 aromatic heterocycles. The SMILES string of the molecule is CCCNC(=O)NC(=O)CNc1ccc(C(C)=O)cc1. The number of urea groups is 1. The second kappa shape index (κ2) is 7.93. The minimum atomic E-state index is -0.495. The number of ketones is 1. The molecule has 0 spiro atoms. The number of hydrogen-bond acceptors (Lipinski definition) is 4. The van der Waals surface area contributed by atoms with E-state index >= 15 is 0 Å². The molecule has 3 N–H and O–H groups in total. The monoisotopic (exact) mass is 277 g/mol. The maximum absolute atomic E-state index is 11.5. The molecule has 108 valence electrons. The van der Waals surface area contributed by atoms with Crippen molar-refractivity contribution in [3.05, 3.63) is 29.8 Å². The molecule has 1 aromatic rings. The predicted molar refractivity (Wildman–Crippen MR) is 76.8 cm³/mol. The minimum absolute atomic E-state index is 0.0121. The van der Waals surface area contributed by atoms with Crippen molar-refractivity contribution in [2.24, 2.45) is 0 Å². The summed E-state index contributed by atoms with van der Waals surface area (Å²) < 4.78 is 0. The summed E-state index contributed by atoms with van der Waals surface area (Å²) in [5, 5.41) is 7.62. The van der Waals surface area contributed by atoms with E-state index in [1.54, 1.807) is 24.3 Å². The van der Waals surface area contributed by atoms with Gasteiger partial charge in [-0.15, -0.1) is 0 Å². The zero-order valence-corrected chi connectivity index (χ0v) is 11.7. The largest absolute Gasteiger partial charge is 0.376 e. The van der Waals surface area contributed by atoms with Crippen molar-refractivity contribution in [2.45, 2.75) is 20.3 Å². The minimum Gasteiger partial charge on any atom is -0.376 e. The first kappa shape index (κ1) is 15.7. The summed E-state index contributed by atoms with van der Waals surface area (Å²) in [5.41, 5.74) is 1.32. The molecule has 0 unspecified atom stereocenters. The van der Waals surface area contributed by atoms with Crippen LogP contribution in [0.4, 0.5) is 10.5 Å². The lowest BCUT2D eigenvalue weighted by atomic mass is 10.1. The Morgan fingerprint density at radius 1 is 1.10 bits per heavy atom. The molecule has 3 amide bonds. The average Bonchev–Trinajstić information content (AvgIpc) is 2.43. The van der Waals surface area contributed by atoms with Crippen LogP contribution >= 0.6 is 0 Å². The molecule has 0 aliphatic rings. The number of anilines is 1. The lowest BCUT2D eigenvalue weighted by Gasteiger charge is -2.08. The molecule has 0 heterocycles. The van der Waals surface area contributed by atoms with Crippen molar-refractivity contribution in [1.82, 2.24) is 10.6 Å². The third-order valence-corrected chi connectivity index (χ3v) is 2.53. The van der Waals surface area contributed by atoms with Crippen molar-refractivity contribution in [1.29, 1.82) is 0 Å². The maximum atomic E-state index is 11.5. The first-order valence-corrected chi connectivity index (χ1v) is 6.45. The van der Waals surface area contributed by atoms with Crippen molar-refractivity contribution in [2.75, 3.05) is 18.4 Å². The van der Waals surface area contributed by atoms with Crippen molar-refractivity contribution >= 4 is 23.4 Å². The first-order valence-electron chi connectivity index (χ1n) is 6.45. The van der Waals surface area contributed by atoms with Crippen LogP contribution in [0.5, 0.6) is 0 Å². The van der Waals surface area contributed by atoms with Gasteiger partial charge in [0.1, 0.15) is 0 Å². The fraction of sp³-hybridized carbons (Fsp3) is 0.357. The Hall–Kier alpha value is -2.37. The molecule has 1 aromatic carbocycles. The van der Waals surface area contributed by atoms with E-state index in [-0.39, 0.29) is 12.3 Å². The smallest absolute Gasteiger partial charge is 0.321 e. The van der Waals surface area contributed by atoms with Crippen molar-refractivity contribution in [3.8, 4) is 0 Å². The van der Waals surface area contributed by atoms with Gasteiger partial charge < -0.3 is 10.6 Å². The van der Waals surface area contributed by atoms with E-state index < -0.39 is 11.9 Å². The highest BCUT2D eigenvalue weighted by Crippen LogP contribution is 2.09. The number of rotatable bonds is 6. The normalized spacial score (nSPS) is 9.70. The Morgan fingerprint density at radius 2 is 1.75 bits per heavy atom. The molecule has 0 aliphatic heterocycles. The molecule has 0 bridgehead atoms. The zero-order chi connectivity index (χ0) is 15.0. The fourth-order valence-corrected chi connectivity index (χ4v) is 1.46. The summed E-state index contributed by atoms with van der Waals surface area (Å²) in [6.45, 7) is 3.93. The lowest BCUT2D eigenvalue weighted by molar-refractivity contribution is -0.118. The number of imide groups is 1. The zero-order valence-electron chi connectivity index (χ0n) is 11.7. The van der Waals surface area contributed by atoms with E-state index in [0.717, 1.165) is 6.42 Å². The third-order valence-electron chi connectivity index (χ3n) is 2.53. The lowest BCUT2D eigenvalue weighted by Crippen LogP contribution is -2.42. The van der Waals surface area contributed by atoms with Crippen LogP contribution in [0.3, 0.4) is 0 Å². The van der Waals surface area contributed by atoms with Gasteiger partial charge in [-0.05, 0) is 37.6 Å². The highest BCUT2D eigenvalue weighted by molar-refractivity contribution is 5.96. The molecule has 1 rings (SSSR count). The quantitative estimate of drug-likeness (QED) is 0.688. The predicted octanol–water partition coefficient (Wildman–Crippen LogP) is 1.54. The highest BCUT2D eigenvalue weighted by Gasteiger charge is 2.06. The molecule has 6 nitrogen and oxygen atoms in total. The second-order valence-electron chi connectivity index (χ2n) is 4.29. The van der Waals surface area contributed by atoms with Gasteiger partial charge in [0, 0.05) is 17.8 Å². The maximum Gasteiger partial charge on any atom is 0.321 e. The standard InChI is InChI=1S/C14H19N3O3/c1-3-8-15-14(20)17-13(19)9-16-12-6-4-11(5-7-12)10(2)18/h4-7,16H,3,8-9H2,1-2H3,(H2,15,17,19,20). The number of benzene rings is 1. The fourth-order valence-electron chi connectivity index (χ4n) is 1.46. The van der Waals surface area contributed by atoms with Crippen LogP contribution in [0.25, 0.3) is 0 Å². The molecule has 0 saturated heterocycles. The average molecular weight is 277 g/mol. The van der Waals surface area contributed by atoms with Crippen LogP contribution < -0.4 is 16.0 Å². The number of carbonyl (C=O) groups is 3. The van der Waals surface area contributed by atoms with Crippen LogP contribution in [0.1, 0.15) is 30.6 Å². The van der Waals surface area contributed by atoms with E-state index in [4.69, 9.17) is 0 Å². The molecule has 0 aliphatic carbocycles. The Morgan fingerprint density at radius 3 is 2.30 bits per heavy atom.